The van der Waals surface area contributed by atoms with Crippen LogP contribution in [-0.4, -0.2) is 24.2 Å². The van der Waals surface area contributed by atoms with E-state index in [1.165, 1.54) is 16.5 Å². The monoisotopic (exact) mass is 417 g/mol. The first-order valence-corrected chi connectivity index (χ1v) is 10.8. The molecule has 2 aromatic carbocycles. The van der Waals surface area contributed by atoms with E-state index in [1.54, 1.807) is 29.2 Å². The van der Waals surface area contributed by atoms with Crippen molar-refractivity contribution in [3.05, 3.63) is 76.4 Å². The molecule has 0 unspecified atom stereocenters. The quantitative estimate of drug-likeness (QED) is 0.449. The van der Waals surface area contributed by atoms with Crippen molar-refractivity contribution in [1.82, 2.24) is 4.98 Å². The van der Waals surface area contributed by atoms with Crippen LogP contribution in [0.25, 0.3) is 0 Å². The van der Waals surface area contributed by atoms with Crippen LogP contribution in [0.3, 0.4) is 0 Å². The van der Waals surface area contributed by atoms with Gasteiger partial charge >= 0.3 is 0 Å². The summed E-state index contributed by atoms with van der Waals surface area (Å²) in [6, 6.07) is 17.3. The SMILES string of the molecule is CSc1nc(N(CCc2ccccc2F)Cc2ccccc2)sc1C.NC=O. The van der Waals surface area contributed by atoms with Gasteiger partial charge in [-0.2, -0.15) is 0 Å². The minimum atomic E-state index is -0.137. The Bertz CT molecular complexity index is 871. The van der Waals surface area contributed by atoms with Crippen molar-refractivity contribution in [3.8, 4) is 0 Å². The lowest BCUT2D eigenvalue weighted by atomic mass is 10.1. The van der Waals surface area contributed by atoms with Gasteiger partial charge in [0.25, 0.3) is 0 Å². The summed E-state index contributed by atoms with van der Waals surface area (Å²) in [5, 5.41) is 2.07. The number of thiazole rings is 1. The van der Waals surface area contributed by atoms with Gasteiger partial charge in [-0.15, -0.1) is 23.1 Å². The lowest BCUT2D eigenvalue weighted by Gasteiger charge is -2.22. The summed E-state index contributed by atoms with van der Waals surface area (Å²) in [5.74, 6) is -0.137. The highest BCUT2D eigenvalue weighted by Gasteiger charge is 2.15. The van der Waals surface area contributed by atoms with E-state index >= 15 is 0 Å². The Hall–Kier alpha value is -2.38. The summed E-state index contributed by atoms with van der Waals surface area (Å²) in [6.07, 6.45) is 2.96. The Morgan fingerprint density at radius 3 is 2.43 bits per heavy atom. The van der Waals surface area contributed by atoms with Crippen molar-refractivity contribution >= 4 is 34.6 Å². The lowest BCUT2D eigenvalue weighted by Crippen LogP contribution is -2.25. The molecule has 2 N–H and O–H groups in total. The van der Waals surface area contributed by atoms with Crippen LogP contribution in [0.2, 0.25) is 0 Å². The van der Waals surface area contributed by atoms with Crippen molar-refractivity contribution in [3.63, 3.8) is 0 Å². The standard InChI is InChI=1S/C20H21FN2S2.CH3NO/c1-15-19(24-2)22-20(25-15)23(14-16-8-4-3-5-9-16)13-12-17-10-6-7-11-18(17)21;2-1-3/h3-11H,12-14H2,1-2H3;1H,(H2,2,3). The first kappa shape index (κ1) is 21.9. The van der Waals surface area contributed by atoms with Gasteiger partial charge in [0, 0.05) is 18.0 Å². The Morgan fingerprint density at radius 2 is 1.82 bits per heavy atom. The molecule has 0 aliphatic rings. The molecule has 3 rings (SSSR count). The second kappa shape index (κ2) is 11.5. The molecule has 1 amide bonds. The molecule has 4 nitrogen and oxygen atoms in total. The van der Waals surface area contributed by atoms with Crippen LogP contribution < -0.4 is 10.6 Å². The van der Waals surface area contributed by atoms with E-state index < -0.39 is 0 Å². The number of carbonyl (C=O) groups excluding carboxylic acids is 1. The summed E-state index contributed by atoms with van der Waals surface area (Å²) < 4.78 is 14.0. The molecule has 0 bridgehead atoms. The zero-order valence-corrected chi connectivity index (χ0v) is 17.6. The Labute approximate surface area is 173 Å². The summed E-state index contributed by atoms with van der Waals surface area (Å²) in [7, 11) is 0. The summed E-state index contributed by atoms with van der Waals surface area (Å²) in [4.78, 5) is 16.8. The van der Waals surface area contributed by atoms with Crippen LogP contribution in [0.1, 0.15) is 16.0 Å². The molecular weight excluding hydrogens is 393 g/mol. The van der Waals surface area contributed by atoms with Crippen molar-refractivity contribution in [1.29, 1.82) is 0 Å². The van der Waals surface area contributed by atoms with Crippen molar-refractivity contribution in [2.45, 2.75) is 24.9 Å². The highest BCUT2D eigenvalue weighted by Crippen LogP contribution is 2.31. The highest BCUT2D eigenvalue weighted by atomic mass is 32.2. The normalized spacial score (nSPS) is 10.1. The third-order valence-corrected chi connectivity index (χ3v) is 5.98. The molecule has 0 saturated heterocycles. The number of thioether (sulfide) groups is 1. The number of nitrogens with two attached hydrogens (primary N) is 1. The van der Waals surface area contributed by atoms with Gasteiger partial charge in [-0.3, -0.25) is 4.79 Å². The molecule has 0 radical (unpaired) electrons. The molecule has 0 aliphatic carbocycles. The fourth-order valence-corrected chi connectivity index (χ4v) is 4.42. The zero-order chi connectivity index (χ0) is 20.4. The molecular formula is C21H24FN3OS2. The average molecular weight is 418 g/mol. The van der Waals surface area contributed by atoms with Crippen LogP contribution in [0.4, 0.5) is 9.52 Å². The van der Waals surface area contributed by atoms with Gasteiger partial charge in [-0.25, -0.2) is 9.37 Å². The molecule has 0 aliphatic heterocycles. The Kier molecular flexibility index (Phi) is 8.97. The summed E-state index contributed by atoms with van der Waals surface area (Å²) >= 11 is 3.38. The van der Waals surface area contributed by atoms with Crippen molar-refractivity contribution in [2.24, 2.45) is 5.73 Å². The topological polar surface area (TPSA) is 59.2 Å². The van der Waals surface area contributed by atoms with E-state index in [9.17, 15) is 4.39 Å². The second-order valence-corrected chi connectivity index (χ2v) is 7.92. The maximum atomic E-state index is 14.0. The van der Waals surface area contributed by atoms with E-state index in [2.05, 4.69) is 29.7 Å². The minimum Gasteiger partial charge on any atom is -0.372 e. The molecule has 0 spiro atoms. The predicted molar refractivity (Wildman–Crippen MR) is 116 cm³/mol. The molecule has 0 saturated carbocycles. The number of aromatic nitrogens is 1. The van der Waals surface area contributed by atoms with Crippen LogP contribution in [-0.2, 0) is 17.8 Å². The number of hydrogen-bond donors (Lipinski definition) is 1. The molecule has 3 aromatic rings. The minimum absolute atomic E-state index is 0.137. The van der Waals surface area contributed by atoms with Crippen LogP contribution in [0.5, 0.6) is 0 Å². The first-order valence-electron chi connectivity index (χ1n) is 8.78. The number of nitrogens with zero attached hydrogens (tertiary/aromatic N) is 2. The lowest BCUT2D eigenvalue weighted by molar-refractivity contribution is -0.106. The number of halogens is 1. The van der Waals surface area contributed by atoms with Gasteiger partial charge in [-0.1, -0.05) is 48.5 Å². The molecule has 1 aromatic heterocycles. The second-order valence-electron chi connectivity index (χ2n) is 5.95. The number of aryl methyl sites for hydroxylation is 1. The van der Waals surface area contributed by atoms with Gasteiger partial charge in [0.15, 0.2) is 5.13 Å². The molecule has 0 fully saturated rings. The van der Waals surface area contributed by atoms with E-state index in [0.29, 0.717) is 6.42 Å². The first-order chi connectivity index (χ1) is 13.6. The Morgan fingerprint density at radius 1 is 1.18 bits per heavy atom. The molecule has 28 heavy (non-hydrogen) atoms. The maximum Gasteiger partial charge on any atom is 0.204 e. The largest absolute Gasteiger partial charge is 0.372 e. The van der Waals surface area contributed by atoms with E-state index in [1.807, 2.05) is 36.6 Å². The van der Waals surface area contributed by atoms with E-state index in [-0.39, 0.29) is 12.2 Å². The third kappa shape index (κ3) is 6.35. The van der Waals surface area contributed by atoms with Gasteiger partial charge in [-0.05, 0) is 36.8 Å². The third-order valence-electron chi connectivity index (χ3n) is 4.03. The van der Waals surface area contributed by atoms with Crippen molar-refractivity contribution < 1.29 is 9.18 Å². The summed E-state index contributed by atoms with van der Waals surface area (Å²) in [5.41, 5.74) is 6.15. The molecule has 0 atom stereocenters. The number of amides is 1. The van der Waals surface area contributed by atoms with Crippen LogP contribution >= 0.6 is 23.1 Å². The number of benzene rings is 2. The van der Waals surface area contributed by atoms with Gasteiger partial charge < -0.3 is 10.6 Å². The number of carbonyl (C=O) groups is 1. The predicted octanol–water partition coefficient (Wildman–Crippen LogP) is 4.66. The Balaban J connectivity index is 0.000000878. The van der Waals surface area contributed by atoms with Crippen molar-refractivity contribution in [2.75, 3.05) is 17.7 Å². The molecule has 148 valence electrons. The number of anilines is 1. The molecule has 7 heteroatoms. The van der Waals surface area contributed by atoms with E-state index in [0.717, 1.165) is 28.8 Å². The average Bonchev–Trinajstić information content (AvgIpc) is 3.08. The van der Waals surface area contributed by atoms with Crippen LogP contribution in [0.15, 0.2) is 59.6 Å². The van der Waals surface area contributed by atoms with Gasteiger partial charge in [0.2, 0.25) is 6.41 Å². The van der Waals surface area contributed by atoms with Crippen LogP contribution in [0, 0.1) is 12.7 Å². The van der Waals surface area contributed by atoms with E-state index in [4.69, 9.17) is 9.78 Å². The fraction of sp³-hybridized carbons (Fsp3) is 0.238. The van der Waals surface area contributed by atoms with Gasteiger partial charge in [0.1, 0.15) is 10.8 Å². The molecule has 1 heterocycles. The number of hydrogen-bond acceptors (Lipinski definition) is 5. The maximum absolute atomic E-state index is 14.0. The summed E-state index contributed by atoms with van der Waals surface area (Å²) in [6.45, 7) is 3.61. The zero-order valence-electron chi connectivity index (χ0n) is 16.0. The number of rotatable bonds is 7. The fourth-order valence-electron chi connectivity index (χ4n) is 2.70. The van der Waals surface area contributed by atoms with Gasteiger partial charge in [0.05, 0.1) is 0 Å². The highest BCUT2D eigenvalue weighted by molar-refractivity contribution is 7.98. The smallest absolute Gasteiger partial charge is 0.204 e. The number of primary amides is 1.